The predicted octanol–water partition coefficient (Wildman–Crippen LogP) is 1.85. The summed E-state index contributed by atoms with van der Waals surface area (Å²) < 4.78 is 0. The van der Waals surface area contributed by atoms with E-state index < -0.39 is 0 Å². The molecule has 1 aromatic rings. The fourth-order valence-electron chi connectivity index (χ4n) is 2.08. The predicted molar refractivity (Wildman–Crippen MR) is 56.0 cm³/mol. The average molecular weight is 191 g/mol. The molecule has 0 atom stereocenters. The number of rotatable bonds is 3. The van der Waals surface area contributed by atoms with Crippen LogP contribution < -0.4 is 5.32 Å². The summed E-state index contributed by atoms with van der Waals surface area (Å²) in [6.07, 6.45) is 9.35. The highest BCUT2D eigenvalue weighted by molar-refractivity contribution is 5.12. The fraction of sp³-hybridized carbons (Fsp3) is 0.636. The van der Waals surface area contributed by atoms with E-state index >= 15 is 0 Å². The van der Waals surface area contributed by atoms with Crippen LogP contribution in [-0.4, -0.2) is 17.0 Å². The van der Waals surface area contributed by atoms with Crippen molar-refractivity contribution in [3.63, 3.8) is 0 Å². The SMILES string of the molecule is CNCc1ncc(C2CCCC2)cn1. The van der Waals surface area contributed by atoms with Gasteiger partial charge in [0.25, 0.3) is 0 Å². The first-order valence-corrected chi connectivity index (χ1v) is 5.35. The van der Waals surface area contributed by atoms with Crippen molar-refractivity contribution in [1.29, 1.82) is 0 Å². The van der Waals surface area contributed by atoms with E-state index in [2.05, 4.69) is 15.3 Å². The molecular weight excluding hydrogens is 174 g/mol. The second-order valence-corrected chi connectivity index (χ2v) is 3.94. The molecule has 0 spiro atoms. The average Bonchev–Trinajstić information content (AvgIpc) is 2.72. The van der Waals surface area contributed by atoms with Gasteiger partial charge in [-0.05, 0) is 31.4 Å². The Morgan fingerprint density at radius 2 is 1.93 bits per heavy atom. The zero-order valence-electron chi connectivity index (χ0n) is 8.66. The zero-order chi connectivity index (χ0) is 9.80. The number of nitrogens with one attached hydrogen (secondary N) is 1. The van der Waals surface area contributed by atoms with E-state index in [4.69, 9.17) is 0 Å². The van der Waals surface area contributed by atoms with E-state index in [-0.39, 0.29) is 0 Å². The van der Waals surface area contributed by atoms with Gasteiger partial charge in [-0.2, -0.15) is 0 Å². The third-order valence-corrected chi connectivity index (χ3v) is 2.89. The third-order valence-electron chi connectivity index (χ3n) is 2.89. The molecule has 0 saturated heterocycles. The van der Waals surface area contributed by atoms with E-state index in [0.717, 1.165) is 18.3 Å². The summed E-state index contributed by atoms with van der Waals surface area (Å²) in [5.41, 5.74) is 1.32. The lowest BCUT2D eigenvalue weighted by atomic mass is 10.0. The van der Waals surface area contributed by atoms with Crippen LogP contribution in [0, 0.1) is 0 Å². The first kappa shape index (κ1) is 9.59. The molecule has 1 N–H and O–H groups in total. The summed E-state index contributed by atoms with van der Waals surface area (Å²) in [7, 11) is 1.91. The highest BCUT2D eigenvalue weighted by Crippen LogP contribution is 2.33. The van der Waals surface area contributed by atoms with Crippen molar-refractivity contribution < 1.29 is 0 Å². The summed E-state index contributed by atoms with van der Waals surface area (Å²) in [6, 6.07) is 0. The minimum absolute atomic E-state index is 0.721. The molecule has 0 unspecified atom stereocenters. The van der Waals surface area contributed by atoms with Crippen molar-refractivity contribution in [1.82, 2.24) is 15.3 Å². The number of nitrogens with zero attached hydrogens (tertiary/aromatic N) is 2. The topological polar surface area (TPSA) is 37.8 Å². The molecule has 0 radical (unpaired) electrons. The molecule has 1 aliphatic carbocycles. The van der Waals surface area contributed by atoms with E-state index in [1.165, 1.54) is 31.2 Å². The minimum Gasteiger partial charge on any atom is -0.313 e. The van der Waals surface area contributed by atoms with Gasteiger partial charge >= 0.3 is 0 Å². The Morgan fingerprint density at radius 1 is 1.29 bits per heavy atom. The molecule has 0 aromatic carbocycles. The van der Waals surface area contributed by atoms with E-state index in [0.29, 0.717) is 0 Å². The molecule has 2 rings (SSSR count). The highest BCUT2D eigenvalue weighted by atomic mass is 14.9. The Kier molecular flexibility index (Phi) is 3.09. The smallest absolute Gasteiger partial charge is 0.141 e. The lowest BCUT2D eigenvalue weighted by molar-refractivity contribution is 0.698. The van der Waals surface area contributed by atoms with Crippen LogP contribution in [0.25, 0.3) is 0 Å². The largest absolute Gasteiger partial charge is 0.313 e. The fourth-order valence-corrected chi connectivity index (χ4v) is 2.08. The Morgan fingerprint density at radius 3 is 2.50 bits per heavy atom. The van der Waals surface area contributed by atoms with Crippen molar-refractivity contribution in [3.05, 3.63) is 23.8 Å². The monoisotopic (exact) mass is 191 g/mol. The van der Waals surface area contributed by atoms with Crippen LogP contribution in [0.4, 0.5) is 0 Å². The maximum Gasteiger partial charge on any atom is 0.141 e. The van der Waals surface area contributed by atoms with Gasteiger partial charge in [-0.25, -0.2) is 9.97 Å². The molecular formula is C11H17N3. The molecule has 1 fully saturated rings. The lowest BCUT2D eigenvalue weighted by Gasteiger charge is -2.08. The number of aromatic nitrogens is 2. The van der Waals surface area contributed by atoms with Crippen molar-refractivity contribution >= 4 is 0 Å². The van der Waals surface area contributed by atoms with Gasteiger partial charge in [0, 0.05) is 12.4 Å². The second-order valence-electron chi connectivity index (χ2n) is 3.94. The van der Waals surface area contributed by atoms with Crippen molar-refractivity contribution in [2.24, 2.45) is 0 Å². The molecule has 1 aromatic heterocycles. The van der Waals surface area contributed by atoms with Gasteiger partial charge in [-0.15, -0.1) is 0 Å². The minimum atomic E-state index is 0.721. The van der Waals surface area contributed by atoms with Crippen LogP contribution in [0.1, 0.15) is 43.0 Å². The maximum absolute atomic E-state index is 4.34. The Labute approximate surface area is 85.0 Å². The first-order chi connectivity index (χ1) is 6.90. The number of hydrogen-bond acceptors (Lipinski definition) is 3. The van der Waals surface area contributed by atoms with Gasteiger partial charge in [0.1, 0.15) is 5.82 Å². The van der Waals surface area contributed by atoms with Gasteiger partial charge in [0.2, 0.25) is 0 Å². The zero-order valence-corrected chi connectivity index (χ0v) is 8.66. The molecule has 1 heterocycles. The molecule has 3 heteroatoms. The molecule has 0 amide bonds. The Bertz CT molecular complexity index is 275. The number of hydrogen-bond donors (Lipinski definition) is 1. The maximum atomic E-state index is 4.34. The Balaban J connectivity index is 2.05. The third kappa shape index (κ3) is 2.10. The molecule has 0 bridgehead atoms. The lowest BCUT2D eigenvalue weighted by Crippen LogP contribution is -2.09. The van der Waals surface area contributed by atoms with E-state index in [9.17, 15) is 0 Å². The van der Waals surface area contributed by atoms with Gasteiger partial charge in [-0.3, -0.25) is 0 Å². The van der Waals surface area contributed by atoms with Crippen LogP contribution in [0.3, 0.4) is 0 Å². The molecule has 3 nitrogen and oxygen atoms in total. The Hall–Kier alpha value is -0.960. The van der Waals surface area contributed by atoms with Crippen molar-refractivity contribution in [3.8, 4) is 0 Å². The summed E-state index contributed by atoms with van der Waals surface area (Å²) in [6.45, 7) is 0.755. The standard InChI is InChI=1S/C11H17N3/c1-12-8-11-13-6-10(7-14-11)9-4-2-3-5-9/h6-7,9,12H,2-5,8H2,1H3. The molecule has 14 heavy (non-hydrogen) atoms. The molecule has 1 saturated carbocycles. The van der Waals surface area contributed by atoms with E-state index in [1.54, 1.807) is 0 Å². The van der Waals surface area contributed by atoms with Gasteiger partial charge in [0.15, 0.2) is 0 Å². The van der Waals surface area contributed by atoms with Crippen LogP contribution in [0.2, 0.25) is 0 Å². The summed E-state index contributed by atoms with van der Waals surface area (Å²) >= 11 is 0. The van der Waals surface area contributed by atoms with Crippen LogP contribution in [0.15, 0.2) is 12.4 Å². The van der Waals surface area contributed by atoms with Crippen LogP contribution >= 0.6 is 0 Å². The van der Waals surface area contributed by atoms with E-state index in [1.807, 2.05) is 19.4 Å². The molecule has 76 valence electrons. The van der Waals surface area contributed by atoms with Crippen LogP contribution in [0.5, 0.6) is 0 Å². The van der Waals surface area contributed by atoms with Gasteiger partial charge in [0.05, 0.1) is 6.54 Å². The molecule has 0 aliphatic heterocycles. The first-order valence-electron chi connectivity index (χ1n) is 5.35. The van der Waals surface area contributed by atoms with Gasteiger partial charge < -0.3 is 5.32 Å². The quantitative estimate of drug-likeness (QED) is 0.792. The van der Waals surface area contributed by atoms with Gasteiger partial charge in [-0.1, -0.05) is 12.8 Å². The normalized spacial score (nSPS) is 17.5. The summed E-state index contributed by atoms with van der Waals surface area (Å²) in [4.78, 5) is 8.68. The second kappa shape index (κ2) is 4.51. The van der Waals surface area contributed by atoms with Crippen LogP contribution in [-0.2, 0) is 6.54 Å². The molecule has 1 aliphatic rings. The van der Waals surface area contributed by atoms with Crippen molar-refractivity contribution in [2.75, 3.05) is 7.05 Å². The van der Waals surface area contributed by atoms with Crippen molar-refractivity contribution in [2.45, 2.75) is 38.1 Å². The highest BCUT2D eigenvalue weighted by Gasteiger charge is 2.17. The summed E-state index contributed by atoms with van der Waals surface area (Å²) in [5.74, 6) is 1.60. The summed E-state index contributed by atoms with van der Waals surface area (Å²) in [5, 5.41) is 3.05.